The number of aromatic amines is 1. The summed E-state index contributed by atoms with van der Waals surface area (Å²) in [6.45, 7) is 0. The summed E-state index contributed by atoms with van der Waals surface area (Å²) in [5.74, 6) is -4.38. The largest absolute Gasteiger partial charge is 0.506 e. The first-order valence-corrected chi connectivity index (χ1v) is 7.40. The van der Waals surface area contributed by atoms with Gasteiger partial charge in [-0.3, -0.25) is 9.59 Å². The molecule has 0 saturated carbocycles. The van der Waals surface area contributed by atoms with Gasteiger partial charge in [0, 0.05) is 18.5 Å². The Bertz CT molecular complexity index is 916. The van der Waals surface area contributed by atoms with Gasteiger partial charge in [-0.25, -0.2) is 9.59 Å². The first kappa shape index (κ1) is 18.7. The fraction of sp³-hybridized carbons (Fsp3) is 0.176. The highest BCUT2D eigenvalue weighted by atomic mass is 16.5. The Kier molecular flexibility index (Phi) is 5.41. The standard InChI is InChI=1S/C17H16N2O7/c1-26-17(25)11-7-19-15(22)13(14(11)21)10(6-12(18)20)8-2-4-9(5-3-8)16(23)24/h2-5,7,10H,6H2,1H3,(H2,18,20)(H,23,24)(H2,19,21,22)/t10-/m1/s1. The Labute approximate surface area is 147 Å². The molecular weight excluding hydrogens is 344 g/mol. The van der Waals surface area contributed by atoms with Crippen molar-refractivity contribution < 1.29 is 29.3 Å². The summed E-state index contributed by atoms with van der Waals surface area (Å²) in [4.78, 5) is 48.8. The zero-order valence-electron chi connectivity index (χ0n) is 13.7. The highest BCUT2D eigenvalue weighted by Crippen LogP contribution is 2.33. The number of carboxylic acid groups (broad SMARTS) is 1. The van der Waals surface area contributed by atoms with E-state index in [1.807, 2.05) is 0 Å². The normalized spacial score (nSPS) is 11.6. The quantitative estimate of drug-likeness (QED) is 0.548. The maximum atomic E-state index is 12.3. The van der Waals surface area contributed by atoms with Crippen LogP contribution in [0.15, 0.2) is 35.3 Å². The molecule has 1 amide bonds. The average molecular weight is 360 g/mol. The lowest BCUT2D eigenvalue weighted by Gasteiger charge is -2.18. The van der Waals surface area contributed by atoms with Crippen LogP contribution in [0.25, 0.3) is 0 Å². The highest BCUT2D eigenvalue weighted by Gasteiger charge is 2.27. The number of aromatic carboxylic acids is 1. The number of primary amides is 1. The van der Waals surface area contributed by atoms with Crippen LogP contribution >= 0.6 is 0 Å². The fourth-order valence-corrected chi connectivity index (χ4v) is 2.57. The fourth-order valence-electron chi connectivity index (χ4n) is 2.57. The summed E-state index contributed by atoms with van der Waals surface area (Å²) in [5.41, 5.74) is 4.39. The summed E-state index contributed by atoms with van der Waals surface area (Å²) in [7, 11) is 1.11. The van der Waals surface area contributed by atoms with E-state index in [0.29, 0.717) is 5.56 Å². The van der Waals surface area contributed by atoms with Crippen molar-refractivity contribution in [2.45, 2.75) is 12.3 Å². The van der Waals surface area contributed by atoms with Crippen LogP contribution in [0.3, 0.4) is 0 Å². The summed E-state index contributed by atoms with van der Waals surface area (Å²) >= 11 is 0. The molecule has 0 spiro atoms. The van der Waals surface area contributed by atoms with Crippen LogP contribution in [0.2, 0.25) is 0 Å². The van der Waals surface area contributed by atoms with Crippen LogP contribution in [-0.4, -0.2) is 40.2 Å². The van der Waals surface area contributed by atoms with Crippen molar-refractivity contribution in [3.8, 4) is 5.75 Å². The van der Waals surface area contributed by atoms with Gasteiger partial charge in [0.15, 0.2) is 0 Å². The predicted molar refractivity (Wildman–Crippen MR) is 89.1 cm³/mol. The van der Waals surface area contributed by atoms with E-state index in [9.17, 15) is 24.3 Å². The number of pyridine rings is 1. The van der Waals surface area contributed by atoms with Crippen molar-refractivity contribution in [2.75, 3.05) is 7.11 Å². The number of esters is 1. The number of nitrogens with one attached hydrogen (secondary N) is 1. The maximum absolute atomic E-state index is 12.3. The average Bonchev–Trinajstić information content (AvgIpc) is 2.60. The van der Waals surface area contributed by atoms with Gasteiger partial charge in [0.05, 0.1) is 18.2 Å². The summed E-state index contributed by atoms with van der Waals surface area (Å²) in [6, 6.07) is 5.39. The number of H-pyrrole nitrogens is 1. The number of carbonyl (C=O) groups is 3. The van der Waals surface area contributed by atoms with Gasteiger partial charge in [0.2, 0.25) is 5.91 Å². The number of aromatic hydroxyl groups is 1. The van der Waals surface area contributed by atoms with Crippen LogP contribution in [-0.2, 0) is 9.53 Å². The zero-order valence-corrected chi connectivity index (χ0v) is 13.7. The molecule has 136 valence electrons. The number of rotatable bonds is 6. The number of methoxy groups -OCH3 is 1. The monoisotopic (exact) mass is 360 g/mol. The number of ether oxygens (including phenoxy) is 1. The molecule has 0 aliphatic rings. The van der Waals surface area contributed by atoms with Gasteiger partial charge in [0.1, 0.15) is 11.3 Å². The van der Waals surface area contributed by atoms with E-state index in [-0.39, 0.29) is 23.1 Å². The predicted octanol–water partition coefficient (Wildman–Crippen LogP) is 0.573. The molecule has 0 aliphatic carbocycles. The van der Waals surface area contributed by atoms with Gasteiger partial charge in [-0.2, -0.15) is 0 Å². The summed E-state index contributed by atoms with van der Waals surface area (Å²) < 4.78 is 4.54. The molecule has 2 aromatic rings. The van der Waals surface area contributed by atoms with Gasteiger partial charge in [-0.1, -0.05) is 12.1 Å². The van der Waals surface area contributed by atoms with Crippen LogP contribution in [0, 0.1) is 0 Å². The first-order valence-electron chi connectivity index (χ1n) is 7.40. The van der Waals surface area contributed by atoms with Crippen molar-refractivity contribution in [2.24, 2.45) is 5.73 Å². The Morgan fingerprint density at radius 3 is 2.35 bits per heavy atom. The highest BCUT2D eigenvalue weighted by molar-refractivity contribution is 5.92. The van der Waals surface area contributed by atoms with E-state index in [1.165, 1.54) is 24.3 Å². The van der Waals surface area contributed by atoms with Crippen molar-refractivity contribution >= 4 is 17.8 Å². The molecule has 9 nitrogen and oxygen atoms in total. The second-order valence-electron chi connectivity index (χ2n) is 5.44. The Hall–Kier alpha value is -3.62. The number of carbonyl (C=O) groups excluding carboxylic acids is 2. The summed E-state index contributed by atoms with van der Waals surface area (Å²) in [6.07, 6.45) is 0.662. The lowest BCUT2D eigenvalue weighted by molar-refractivity contribution is -0.118. The van der Waals surface area contributed by atoms with E-state index in [0.717, 1.165) is 13.3 Å². The molecule has 0 aliphatic heterocycles. The molecule has 0 bridgehead atoms. The van der Waals surface area contributed by atoms with Gasteiger partial charge < -0.3 is 25.7 Å². The van der Waals surface area contributed by atoms with Crippen LogP contribution in [0.1, 0.15) is 44.2 Å². The number of amides is 1. The SMILES string of the molecule is COC(=O)c1c[nH]c(=O)c([C@H](CC(N)=O)c2ccc(C(=O)O)cc2)c1O. The minimum atomic E-state index is -1.14. The molecule has 1 aromatic carbocycles. The lowest BCUT2D eigenvalue weighted by Crippen LogP contribution is -2.23. The molecule has 0 saturated heterocycles. The van der Waals surface area contributed by atoms with Crippen molar-refractivity contribution in [3.63, 3.8) is 0 Å². The minimum Gasteiger partial charge on any atom is -0.506 e. The van der Waals surface area contributed by atoms with E-state index in [2.05, 4.69) is 9.72 Å². The van der Waals surface area contributed by atoms with Crippen molar-refractivity contribution in [1.29, 1.82) is 0 Å². The Balaban J connectivity index is 2.64. The number of carboxylic acids is 1. The van der Waals surface area contributed by atoms with Crippen LogP contribution in [0.4, 0.5) is 0 Å². The number of aromatic nitrogens is 1. The number of hydrogen-bond acceptors (Lipinski definition) is 6. The lowest BCUT2D eigenvalue weighted by atomic mass is 9.87. The molecule has 26 heavy (non-hydrogen) atoms. The molecule has 1 heterocycles. The van der Waals surface area contributed by atoms with Crippen molar-refractivity contribution in [3.05, 3.63) is 63.1 Å². The topological polar surface area (TPSA) is 160 Å². The molecule has 5 N–H and O–H groups in total. The third kappa shape index (κ3) is 3.72. The third-order valence-electron chi connectivity index (χ3n) is 3.82. The summed E-state index contributed by atoms with van der Waals surface area (Å²) in [5, 5.41) is 19.4. The van der Waals surface area contributed by atoms with E-state index >= 15 is 0 Å². The molecule has 0 radical (unpaired) electrons. The maximum Gasteiger partial charge on any atom is 0.343 e. The van der Waals surface area contributed by atoms with Gasteiger partial charge >= 0.3 is 11.9 Å². The van der Waals surface area contributed by atoms with Crippen LogP contribution < -0.4 is 11.3 Å². The Morgan fingerprint density at radius 2 is 1.85 bits per heavy atom. The minimum absolute atomic E-state index is 0.00742. The van der Waals surface area contributed by atoms with E-state index < -0.39 is 35.1 Å². The molecule has 9 heteroatoms. The molecule has 2 rings (SSSR count). The third-order valence-corrected chi connectivity index (χ3v) is 3.82. The molecule has 1 aromatic heterocycles. The second-order valence-corrected chi connectivity index (χ2v) is 5.44. The smallest absolute Gasteiger partial charge is 0.343 e. The number of hydrogen-bond donors (Lipinski definition) is 4. The van der Waals surface area contributed by atoms with Gasteiger partial charge in [0.25, 0.3) is 5.56 Å². The molecule has 0 unspecified atom stereocenters. The zero-order chi connectivity index (χ0) is 19.4. The van der Waals surface area contributed by atoms with Crippen molar-refractivity contribution in [1.82, 2.24) is 4.98 Å². The Morgan fingerprint density at radius 1 is 1.23 bits per heavy atom. The second kappa shape index (κ2) is 7.51. The van der Waals surface area contributed by atoms with Gasteiger partial charge in [-0.05, 0) is 17.7 Å². The van der Waals surface area contributed by atoms with Gasteiger partial charge in [-0.15, -0.1) is 0 Å². The molecule has 1 atom stereocenters. The molecule has 0 fully saturated rings. The number of benzene rings is 1. The van der Waals surface area contributed by atoms with E-state index in [4.69, 9.17) is 10.8 Å². The molecular formula is C17H16N2O7. The number of nitrogens with two attached hydrogens (primary N) is 1. The first-order chi connectivity index (χ1) is 12.3. The van der Waals surface area contributed by atoms with Crippen LogP contribution in [0.5, 0.6) is 5.75 Å². The van der Waals surface area contributed by atoms with E-state index in [1.54, 1.807) is 0 Å².